The Hall–Kier alpha value is -7.50. The molecule has 0 fully saturated rings. The van der Waals surface area contributed by atoms with Crippen LogP contribution in [0.3, 0.4) is 0 Å². The minimum absolute atomic E-state index is 0.293. The highest BCUT2D eigenvalue weighted by atomic mass is 16.3. The van der Waals surface area contributed by atoms with Crippen LogP contribution in [0, 0.1) is 0 Å². The highest BCUT2D eigenvalue weighted by molar-refractivity contribution is 6.28. The van der Waals surface area contributed by atoms with Crippen molar-refractivity contribution in [3.63, 3.8) is 0 Å². The van der Waals surface area contributed by atoms with Crippen molar-refractivity contribution in [2.45, 2.75) is 12.3 Å². The zero-order valence-corrected chi connectivity index (χ0v) is 30.7. The summed E-state index contributed by atoms with van der Waals surface area (Å²) in [4.78, 5) is 11.0. The van der Waals surface area contributed by atoms with Crippen molar-refractivity contribution in [3.8, 4) is 33.8 Å². The molecule has 11 aromatic rings. The number of furan rings is 1. The summed E-state index contributed by atoms with van der Waals surface area (Å²) in [5.41, 5.74) is 15.9. The molecular formula is C52H32N4O. The molecule has 0 amide bonds. The Balaban J connectivity index is 1.19. The first-order chi connectivity index (χ1) is 28.3. The predicted molar refractivity (Wildman–Crippen MR) is 233 cm³/mol. The minimum atomic E-state index is 0.293. The van der Waals surface area contributed by atoms with E-state index in [0.29, 0.717) is 11.6 Å². The molecule has 266 valence electrons. The second kappa shape index (κ2) is 11.5. The molecule has 5 heterocycles. The first-order valence-corrected chi connectivity index (χ1v) is 19.6. The number of benzene rings is 7. The molecule has 0 bridgehead atoms. The Labute approximate surface area is 327 Å². The van der Waals surface area contributed by atoms with E-state index < -0.39 is 0 Å². The number of aromatic nitrogens is 4. The predicted octanol–water partition coefficient (Wildman–Crippen LogP) is 13.3. The molecule has 0 saturated heterocycles. The van der Waals surface area contributed by atoms with Gasteiger partial charge < -0.3 is 8.98 Å². The summed E-state index contributed by atoms with van der Waals surface area (Å²) in [6.45, 7) is 0. The van der Waals surface area contributed by atoms with E-state index in [9.17, 15) is 0 Å². The summed E-state index contributed by atoms with van der Waals surface area (Å²) >= 11 is 0. The molecule has 2 aliphatic rings. The van der Waals surface area contributed by atoms with E-state index in [-0.39, 0.29) is 0 Å². The highest BCUT2D eigenvalue weighted by Gasteiger charge is 2.30. The standard InChI is InChI=1S/C52H32N4O/c1-2-14-31(15-3-1)32-26-28-33(29-27-32)48-51(53-49-39-21-9-13-25-45(39)57-52(49)54-48)56-43-24-12-8-20-38(43)46-44(56)30-40-36-18-7-11-23-42(36)55-41-22-10-6-17-35(41)34-16-4-5-19-37(34)47(46)50(40)55/h1-26,28-30,32H,27H2. The zero-order valence-electron chi connectivity index (χ0n) is 30.7. The normalized spacial score (nSPS) is 14.8. The molecule has 7 aromatic carbocycles. The fraction of sp³-hybridized carbons (Fsp3) is 0.0385. The largest absolute Gasteiger partial charge is 0.436 e. The van der Waals surface area contributed by atoms with E-state index in [1.54, 1.807) is 0 Å². The molecule has 4 aromatic heterocycles. The van der Waals surface area contributed by atoms with E-state index >= 15 is 0 Å². The molecule has 1 atom stereocenters. The monoisotopic (exact) mass is 728 g/mol. The summed E-state index contributed by atoms with van der Waals surface area (Å²) in [5.74, 6) is 1.08. The zero-order chi connectivity index (χ0) is 37.2. The molecule has 0 radical (unpaired) electrons. The minimum Gasteiger partial charge on any atom is -0.436 e. The Bertz CT molecular complexity index is 3560. The van der Waals surface area contributed by atoms with Gasteiger partial charge in [0.15, 0.2) is 5.82 Å². The molecular weight excluding hydrogens is 697 g/mol. The van der Waals surface area contributed by atoms with Gasteiger partial charge in [0, 0.05) is 44.0 Å². The van der Waals surface area contributed by atoms with E-state index in [4.69, 9.17) is 14.4 Å². The number of hydrogen-bond donors (Lipinski definition) is 0. The van der Waals surface area contributed by atoms with Crippen LogP contribution in [0.15, 0.2) is 180 Å². The Morgan fingerprint density at radius 3 is 2.07 bits per heavy atom. The van der Waals surface area contributed by atoms with E-state index in [1.165, 1.54) is 66.1 Å². The molecule has 0 saturated carbocycles. The Kier molecular flexibility index (Phi) is 6.22. The molecule has 1 unspecified atom stereocenters. The Morgan fingerprint density at radius 2 is 1.25 bits per heavy atom. The van der Waals surface area contributed by atoms with Crippen LogP contribution in [0.1, 0.15) is 23.6 Å². The van der Waals surface area contributed by atoms with Crippen LogP contribution in [0.2, 0.25) is 0 Å². The molecule has 0 N–H and O–H groups in total. The van der Waals surface area contributed by atoms with E-state index in [1.807, 2.05) is 18.2 Å². The average Bonchev–Trinajstić information content (AvgIpc) is 3.90. The lowest BCUT2D eigenvalue weighted by Crippen LogP contribution is -2.07. The van der Waals surface area contributed by atoms with Crippen LogP contribution in [0.4, 0.5) is 0 Å². The fourth-order valence-electron chi connectivity index (χ4n) is 9.75. The smallest absolute Gasteiger partial charge is 0.247 e. The summed E-state index contributed by atoms with van der Waals surface area (Å²) in [7, 11) is 0. The average molecular weight is 729 g/mol. The number of fused-ring (bicyclic) bond motifs is 15. The van der Waals surface area contributed by atoms with Crippen LogP contribution in [0.5, 0.6) is 0 Å². The van der Waals surface area contributed by atoms with Crippen LogP contribution in [-0.2, 0) is 0 Å². The Morgan fingerprint density at radius 1 is 0.561 bits per heavy atom. The molecule has 0 spiro atoms. The van der Waals surface area contributed by atoms with Gasteiger partial charge in [-0.15, -0.1) is 0 Å². The number of hydrogen-bond acceptors (Lipinski definition) is 3. The summed E-state index contributed by atoms with van der Waals surface area (Å²) in [5, 5.41) is 5.74. The first-order valence-electron chi connectivity index (χ1n) is 19.6. The quantitative estimate of drug-likeness (QED) is 0.182. The van der Waals surface area contributed by atoms with Gasteiger partial charge in [-0.2, -0.15) is 0 Å². The molecule has 5 nitrogen and oxygen atoms in total. The fourth-order valence-corrected chi connectivity index (χ4v) is 9.75. The lowest BCUT2D eigenvalue weighted by Gasteiger charge is -2.18. The second-order valence-corrected chi connectivity index (χ2v) is 15.2. The maximum absolute atomic E-state index is 6.42. The third-order valence-electron chi connectivity index (χ3n) is 12.2. The van der Waals surface area contributed by atoms with Crippen molar-refractivity contribution in [2.75, 3.05) is 0 Å². The lowest BCUT2D eigenvalue weighted by molar-refractivity contribution is 0.652. The van der Waals surface area contributed by atoms with Crippen LogP contribution >= 0.6 is 0 Å². The van der Waals surface area contributed by atoms with Crippen molar-refractivity contribution in [3.05, 3.63) is 187 Å². The first kappa shape index (κ1) is 30.8. The summed E-state index contributed by atoms with van der Waals surface area (Å²) in [6.07, 6.45) is 7.72. The number of allylic oxidation sites excluding steroid dienone is 4. The third-order valence-corrected chi connectivity index (χ3v) is 12.2. The second-order valence-electron chi connectivity index (χ2n) is 15.2. The van der Waals surface area contributed by atoms with Crippen LogP contribution < -0.4 is 0 Å². The van der Waals surface area contributed by atoms with Gasteiger partial charge in [-0.3, -0.25) is 4.57 Å². The van der Waals surface area contributed by atoms with Gasteiger partial charge in [0.2, 0.25) is 5.71 Å². The maximum atomic E-state index is 6.42. The van der Waals surface area contributed by atoms with Gasteiger partial charge in [0.1, 0.15) is 16.8 Å². The molecule has 5 heteroatoms. The highest BCUT2D eigenvalue weighted by Crippen LogP contribution is 2.52. The summed E-state index contributed by atoms with van der Waals surface area (Å²) < 4.78 is 11.3. The van der Waals surface area contributed by atoms with Crippen molar-refractivity contribution < 1.29 is 4.42 Å². The van der Waals surface area contributed by atoms with Crippen molar-refractivity contribution in [1.29, 1.82) is 0 Å². The number of nitrogens with zero attached hydrogens (tertiary/aromatic N) is 4. The molecule has 13 rings (SSSR count). The maximum Gasteiger partial charge on any atom is 0.247 e. The van der Waals surface area contributed by atoms with Gasteiger partial charge in [0.05, 0.1) is 27.8 Å². The van der Waals surface area contributed by atoms with Gasteiger partial charge in [0.25, 0.3) is 0 Å². The van der Waals surface area contributed by atoms with Crippen LogP contribution in [0.25, 0.3) is 105 Å². The van der Waals surface area contributed by atoms with Crippen molar-refractivity contribution in [1.82, 2.24) is 19.1 Å². The molecule has 1 aliphatic heterocycles. The number of rotatable bonds is 3. The van der Waals surface area contributed by atoms with Crippen LogP contribution in [-0.4, -0.2) is 19.1 Å². The van der Waals surface area contributed by atoms with E-state index in [2.05, 4.69) is 167 Å². The molecule has 1 aliphatic carbocycles. The topological polar surface area (TPSA) is 48.8 Å². The molecule has 57 heavy (non-hydrogen) atoms. The van der Waals surface area contributed by atoms with Gasteiger partial charge in [-0.25, -0.2) is 9.97 Å². The number of para-hydroxylation sites is 4. The van der Waals surface area contributed by atoms with Crippen molar-refractivity contribution >= 4 is 71.4 Å². The SMILES string of the molecule is C1=CC(c2ccccc2)CC=C1c1nc2oc3ccccc3c2nc1-n1c2ccccc2c2c3c4c(cc21)c1ccccc1n4-c1ccccc1-c1ccccc1-3. The van der Waals surface area contributed by atoms with E-state index in [0.717, 1.165) is 51.0 Å². The lowest BCUT2D eigenvalue weighted by atomic mass is 9.89. The summed E-state index contributed by atoms with van der Waals surface area (Å²) in [6, 6.07) is 56.6. The van der Waals surface area contributed by atoms with Gasteiger partial charge >= 0.3 is 0 Å². The third kappa shape index (κ3) is 4.23. The van der Waals surface area contributed by atoms with Gasteiger partial charge in [-0.05, 0) is 65.1 Å². The van der Waals surface area contributed by atoms with Crippen molar-refractivity contribution in [2.24, 2.45) is 0 Å². The van der Waals surface area contributed by atoms with Gasteiger partial charge in [-0.1, -0.05) is 140 Å².